The Kier molecular flexibility index (Phi) is 4.77. The van der Waals surface area contributed by atoms with Crippen LogP contribution in [-0.4, -0.2) is 15.4 Å². The van der Waals surface area contributed by atoms with Crippen LogP contribution in [0.2, 0.25) is 0 Å². The van der Waals surface area contributed by atoms with Crippen molar-refractivity contribution in [3.63, 3.8) is 0 Å². The Bertz CT molecular complexity index is 1030. The number of aromatic nitrogens is 2. The van der Waals surface area contributed by atoms with E-state index in [4.69, 9.17) is 0 Å². The van der Waals surface area contributed by atoms with Gasteiger partial charge in [-0.1, -0.05) is 48.5 Å². The van der Waals surface area contributed by atoms with Crippen molar-refractivity contribution in [2.45, 2.75) is 25.8 Å². The van der Waals surface area contributed by atoms with Gasteiger partial charge in [0.15, 0.2) is 0 Å². The average Bonchev–Trinajstić information content (AvgIpc) is 3.53. The lowest BCUT2D eigenvalue weighted by molar-refractivity contribution is 0.247. The van der Waals surface area contributed by atoms with Gasteiger partial charge in [-0.25, -0.2) is 9.48 Å². The molecule has 0 radical (unpaired) electrons. The van der Waals surface area contributed by atoms with Crippen molar-refractivity contribution in [2.24, 2.45) is 13.0 Å². The maximum Gasteiger partial charge on any atom is 0.319 e. The molecule has 1 fully saturated rings. The molecule has 0 bridgehead atoms. The molecule has 1 aromatic heterocycles. The van der Waals surface area contributed by atoms with Gasteiger partial charge in [0.2, 0.25) is 0 Å². The maximum atomic E-state index is 12.9. The minimum atomic E-state index is -0.355. The summed E-state index contributed by atoms with van der Waals surface area (Å²) >= 11 is 0. The summed E-state index contributed by atoms with van der Waals surface area (Å²) in [5.41, 5.74) is 2.60. The predicted molar refractivity (Wildman–Crippen MR) is 110 cm³/mol. The monoisotopic (exact) mass is 376 g/mol. The van der Waals surface area contributed by atoms with E-state index in [2.05, 4.69) is 10.6 Å². The van der Waals surface area contributed by atoms with E-state index in [0.29, 0.717) is 17.3 Å². The van der Waals surface area contributed by atoms with E-state index in [1.165, 1.54) is 0 Å². The lowest BCUT2D eigenvalue weighted by Crippen LogP contribution is -2.35. The number of hydrogen-bond acceptors (Lipinski definition) is 2. The molecular weight excluding hydrogens is 352 g/mol. The number of nitrogens with one attached hydrogen (secondary N) is 2. The Morgan fingerprint density at radius 2 is 1.64 bits per heavy atom. The number of nitrogens with zero attached hydrogens (tertiary/aromatic N) is 2. The Labute approximate surface area is 163 Å². The molecular formula is C22H24N4O2. The van der Waals surface area contributed by atoms with Crippen LogP contribution in [0.25, 0.3) is 5.69 Å². The van der Waals surface area contributed by atoms with E-state index in [9.17, 15) is 9.59 Å². The number of urea groups is 1. The van der Waals surface area contributed by atoms with Crippen LogP contribution in [0.15, 0.2) is 65.5 Å². The van der Waals surface area contributed by atoms with Crippen LogP contribution in [-0.2, 0) is 7.05 Å². The Morgan fingerprint density at radius 3 is 2.25 bits per heavy atom. The normalized spacial score (nSPS) is 14.5. The van der Waals surface area contributed by atoms with Gasteiger partial charge < -0.3 is 10.6 Å². The summed E-state index contributed by atoms with van der Waals surface area (Å²) < 4.78 is 3.31. The van der Waals surface area contributed by atoms with Crippen LogP contribution in [0.1, 0.15) is 30.1 Å². The molecule has 1 saturated carbocycles. The van der Waals surface area contributed by atoms with Crippen molar-refractivity contribution in [2.75, 3.05) is 5.32 Å². The third-order valence-electron chi connectivity index (χ3n) is 5.33. The van der Waals surface area contributed by atoms with Gasteiger partial charge in [-0.05, 0) is 43.4 Å². The van der Waals surface area contributed by atoms with E-state index in [1.807, 2.05) is 74.6 Å². The van der Waals surface area contributed by atoms with Crippen molar-refractivity contribution in [3.05, 3.63) is 82.3 Å². The predicted octanol–water partition coefficient (Wildman–Crippen LogP) is 3.76. The van der Waals surface area contributed by atoms with Crippen LogP contribution in [0.4, 0.5) is 10.5 Å². The fourth-order valence-corrected chi connectivity index (χ4v) is 3.57. The molecule has 6 nitrogen and oxygen atoms in total. The number of hydrogen-bond donors (Lipinski definition) is 2. The van der Waals surface area contributed by atoms with Gasteiger partial charge in [0.1, 0.15) is 5.69 Å². The largest absolute Gasteiger partial charge is 0.331 e. The highest BCUT2D eigenvalue weighted by Gasteiger charge is 2.33. The van der Waals surface area contributed by atoms with Gasteiger partial charge in [-0.2, -0.15) is 0 Å². The number of anilines is 1. The summed E-state index contributed by atoms with van der Waals surface area (Å²) in [6, 6.07) is 19.0. The Balaban J connectivity index is 1.57. The lowest BCUT2D eigenvalue weighted by atomic mass is 10.0. The highest BCUT2D eigenvalue weighted by Crippen LogP contribution is 2.40. The maximum absolute atomic E-state index is 12.9. The first-order chi connectivity index (χ1) is 13.6. The third kappa shape index (κ3) is 3.45. The zero-order valence-corrected chi connectivity index (χ0v) is 16.1. The Hall–Kier alpha value is -3.28. The first-order valence-corrected chi connectivity index (χ1v) is 9.52. The van der Waals surface area contributed by atoms with Gasteiger partial charge >= 0.3 is 6.03 Å². The summed E-state index contributed by atoms with van der Waals surface area (Å²) in [4.78, 5) is 25.7. The molecule has 28 heavy (non-hydrogen) atoms. The smallest absolute Gasteiger partial charge is 0.319 e. The molecule has 1 atom stereocenters. The van der Waals surface area contributed by atoms with E-state index >= 15 is 0 Å². The Morgan fingerprint density at radius 1 is 1.04 bits per heavy atom. The van der Waals surface area contributed by atoms with E-state index < -0.39 is 0 Å². The number of benzene rings is 2. The lowest BCUT2D eigenvalue weighted by Gasteiger charge is -2.19. The first kappa shape index (κ1) is 18.1. The summed E-state index contributed by atoms with van der Waals surface area (Å²) in [7, 11) is 1.81. The van der Waals surface area contributed by atoms with Crippen LogP contribution in [0.5, 0.6) is 0 Å². The molecule has 6 heteroatoms. The number of carbonyl (C=O) groups excluding carboxylic acids is 1. The SMILES string of the molecule is Cc1c(NC(=O)N[C@@H](c2ccccc2)C2CC2)c(=O)n(-c2ccccc2)n1C. The second-order valence-electron chi connectivity index (χ2n) is 7.26. The van der Waals surface area contributed by atoms with Crippen molar-refractivity contribution >= 4 is 11.7 Å². The van der Waals surface area contributed by atoms with Gasteiger partial charge in [0, 0.05) is 7.05 Å². The van der Waals surface area contributed by atoms with E-state index in [1.54, 1.807) is 9.36 Å². The highest BCUT2D eigenvalue weighted by atomic mass is 16.2. The molecule has 4 rings (SSSR count). The molecule has 2 amide bonds. The zero-order chi connectivity index (χ0) is 19.7. The van der Waals surface area contributed by atoms with E-state index in [-0.39, 0.29) is 17.6 Å². The van der Waals surface area contributed by atoms with Crippen molar-refractivity contribution in [3.8, 4) is 5.69 Å². The molecule has 1 aliphatic rings. The second-order valence-corrected chi connectivity index (χ2v) is 7.26. The highest BCUT2D eigenvalue weighted by molar-refractivity contribution is 5.90. The minimum Gasteiger partial charge on any atom is -0.331 e. The van der Waals surface area contributed by atoms with Crippen molar-refractivity contribution in [1.82, 2.24) is 14.7 Å². The molecule has 2 N–H and O–H groups in total. The molecule has 1 aliphatic carbocycles. The van der Waals surface area contributed by atoms with Gasteiger partial charge in [-0.3, -0.25) is 9.48 Å². The van der Waals surface area contributed by atoms with Crippen LogP contribution >= 0.6 is 0 Å². The van der Waals surface area contributed by atoms with Crippen LogP contribution < -0.4 is 16.2 Å². The van der Waals surface area contributed by atoms with Crippen LogP contribution in [0.3, 0.4) is 0 Å². The molecule has 0 saturated heterocycles. The number of para-hydroxylation sites is 1. The van der Waals surface area contributed by atoms with Crippen LogP contribution in [0, 0.1) is 12.8 Å². The zero-order valence-electron chi connectivity index (χ0n) is 16.1. The molecule has 144 valence electrons. The second kappa shape index (κ2) is 7.38. The summed E-state index contributed by atoms with van der Waals surface area (Å²) in [5, 5.41) is 5.85. The minimum absolute atomic E-state index is 0.0402. The van der Waals surface area contributed by atoms with Gasteiger partial charge in [0.25, 0.3) is 5.56 Å². The molecule has 0 aliphatic heterocycles. The topological polar surface area (TPSA) is 68.1 Å². The summed E-state index contributed by atoms with van der Waals surface area (Å²) in [5.74, 6) is 0.450. The van der Waals surface area contributed by atoms with Crippen molar-refractivity contribution in [1.29, 1.82) is 0 Å². The molecule has 3 aromatic rings. The third-order valence-corrected chi connectivity index (χ3v) is 5.33. The summed E-state index contributed by atoms with van der Waals surface area (Å²) in [6.45, 7) is 1.83. The van der Waals surface area contributed by atoms with Crippen molar-refractivity contribution < 1.29 is 4.79 Å². The fraction of sp³-hybridized carbons (Fsp3) is 0.273. The average molecular weight is 376 g/mol. The summed E-state index contributed by atoms with van der Waals surface area (Å²) in [6.07, 6.45) is 2.20. The number of amides is 2. The molecule has 0 spiro atoms. The first-order valence-electron chi connectivity index (χ1n) is 9.52. The fourth-order valence-electron chi connectivity index (χ4n) is 3.57. The molecule has 1 heterocycles. The van der Waals surface area contributed by atoms with Gasteiger partial charge in [0.05, 0.1) is 17.4 Å². The number of carbonyl (C=O) groups is 1. The molecule has 2 aromatic carbocycles. The van der Waals surface area contributed by atoms with E-state index in [0.717, 1.165) is 24.1 Å². The standard InChI is InChI=1S/C22H24N4O2/c1-15-19(21(27)26(25(15)2)18-11-7-4-8-12-18)23-22(28)24-20(17-13-14-17)16-9-5-3-6-10-16/h3-12,17,20H,13-14H2,1-2H3,(H2,23,24,28)/t20-/m0/s1. The van der Waals surface area contributed by atoms with Gasteiger partial charge in [-0.15, -0.1) is 0 Å². The molecule has 0 unspecified atom stereocenters. The number of rotatable bonds is 5. The quantitative estimate of drug-likeness (QED) is 0.712.